The third-order valence-electron chi connectivity index (χ3n) is 3.40. The van der Waals surface area contributed by atoms with Crippen LogP contribution in [-0.4, -0.2) is 39.4 Å². The first-order chi connectivity index (χ1) is 9.49. The Kier molecular flexibility index (Phi) is 5.10. The lowest BCUT2D eigenvalue weighted by molar-refractivity contribution is -0.137. The molecule has 1 aromatic heterocycles. The number of thioether (sulfide) groups is 1. The summed E-state index contributed by atoms with van der Waals surface area (Å²) in [7, 11) is 0. The molecule has 20 heavy (non-hydrogen) atoms. The number of amides is 1. The predicted molar refractivity (Wildman–Crippen MR) is 82.2 cm³/mol. The summed E-state index contributed by atoms with van der Waals surface area (Å²) in [6.07, 6.45) is 0.913. The van der Waals surface area contributed by atoms with Crippen LogP contribution in [0.3, 0.4) is 0 Å². The summed E-state index contributed by atoms with van der Waals surface area (Å²) in [5, 5.41) is 10.7. The van der Waals surface area contributed by atoms with Gasteiger partial charge in [0.1, 0.15) is 5.25 Å². The number of hydrogen-bond donors (Lipinski definition) is 1. The van der Waals surface area contributed by atoms with Crippen LogP contribution in [0.4, 0.5) is 0 Å². The van der Waals surface area contributed by atoms with Crippen LogP contribution in [0.15, 0.2) is 11.4 Å². The van der Waals surface area contributed by atoms with Gasteiger partial charge in [0, 0.05) is 18.0 Å². The minimum absolute atomic E-state index is 0.0233. The van der Waals surface area contributed by atoms with Gasteiger partial charge >= 0.3 is 5.97 Å². The molecule has 1 unspecified atom stereocenters. The zero-order valence-corrected chi connectivity index (χ0v) is 13.3. The molecular weight excluding hydrogens is 294 g/mol. The highest BCUT2D eigenvalue weighted by molar-refractivity contribution is 8.01. The maximum atomic E-state index is 12.2. The molecule has 1 amide bonds. The molecular formula is C14H19NO3S2. The largest absolute Gasteiger partial charge is 0.480 e. The topological polar surface area (TPSA) is 57.6 Å². The minimum atomic E-state index is -0.837. The molecule has 0 bridgehead atoms. The number of thiophene rings is 1. The number of hydrogen-bond acceptors (Lipinski definition) is 4. The van der Waals surface area contributed by atoms with E-state index in [1.54, 1.807) is 11.3 Å². The zero-order valence-electron chi connectivity index (χ0n) is 11.7. The van der Waals surface area contributed by atoms with Crippen LogP contribution in [-0.2, 0) is 22.6 Å². The highest BCUT2D eigenvalue weighted by Crippen LogP contribution is 2.25. The van der Waals surface area contributed by atoms with Crippen molar-refractivity contribution >= 4 is 35.0 Å². The molecule has 0 saturated carbocycles. The van der Waals surface area contributed by atoms with E-state index in [9.17, 15) is 9.59 Å². The van der Waals surface area contributed by atoms with Gasteiger partial charge in [0.05, 0.1) is 5.75 Å². The van der Waals surface area contributed by atoms with Gasteiger partial charge in [0.25, 0.3) is 0 Å². The van der Waals surface area contributed by atoms with Crippen molar-refractivity contribution in [1.82, 2.24) is 4.90 Å². The van der Waals surface area contributed by atoms with Gasteiger partial charge in [-0.15, -0.1) is 23.1 Å². The van der Waals surface area contributed by atoms with E-state index in [-0.39, 0.29) is 17.6 Å². The molecule has 0 radical (unpaired) electrons. The van der Waals surface area contributed by atoms with Crippen molar-refractivity contribution in [2.24, 2.45) is 5.92 Å². The van der Waals surface area contributed by atoms with Gasteiger partial charge in [0.2, 0.25) is 5.91 Å². The van der Waals surface area contributed by atoms with Crippen LogP contribution in [0.1, 0.15) is 24.3 Å². The van der Waals surface area contributed by atoms with E-state index in [1.807, 2.05) is 18.7 Å². The molecule has 6 heteroatoms. The molecule has 0 aromatic carbocycles. The quantitative estimate of drug-likeness (QED) is 0.907. The van der Waals surface area contributed by atoms with Gasteiger partial charge in [-0.3, -0.25) is 9.59 Å². The average Bonchev–Trinajstić information content (AvgIpc) is 2.84. The Morgan fingerprint density at radius 1 is 1.50 bits per heavy atom. The second kappa shape index (κ2) is 6.63. The highest BCUT2D eigenvalue weighted by Gasteiger charge is 2.26. The number of carbonyl (C=O) groups is 2. The first-order valence-corrected chi connectivity index (χ1v) is 8.59. The van der Waals surface area contributed by atoms with Gasteiger partial charge in [-0.2, -0.15) is 0 Å². The number of aliphatic carboxylic acids is 1. The Hall–Kier alpha value is -1.01. The number of carboxylic acid groups (broad SMARTS) is 1. The predicted octanol–water partition coefficient (Wildman–Crippen LogP) is 2.48. The third kappa shape index (κ3) is 3.55. The Balaban J connectivity index is 1.88. The maximum Gasteiger partial charge on any atom is 0.316 e. The summed E-state index contributed by atoms with van der Waals surface area (Å²) in [4.78, 5) is 26.5. The lowest BCUT2D eigenvalue weighted by Gasteiger charge is -2.27. The van der Waals surface area contributed by atoms with Crippen molar-refractivity contribution in [3.8, 4) is 0 Å². The van der Waals surface area contributed by atoms with E-state index in [0.29, 0.717) is 6.54 Å². The van der Waals surface area contributed by atoms with Crippen LogP contribution < -0.4 is 0 Å². The van der Waals surface area contributed by atoms with Crippen molar-refractivity contribution < 1.29 is 14.7 Å². The van der Waals surface area contributed by atoms with Crippen LogP contribution in [0, 0.1) is 5.92 Å². The summed E-state index contributed by atoms with van der Waals surface area (Å²) in [5.41, 5.74) is 1.23. The Morgan fingerprint density at radius 2 is 2.25 bits per heavy atom. The van der Waals surface area contributed by atoms with E-state index in [1.165, 1.54) is 22.2 Å². The Labute approximate surface area is 127 Å². The van der Waals surface area contributed by atoms with Crippen LogP contribution in [0.2, 0.25) is 0 Å². The number of nitrogens with zero attached hydrogens (tertiary/aromatic N) is 1. The van der Waals surface area contributed by atoms with Gasteiger partial charge in [-0.05, 0) is 29.3 Å². The van der Waals surface area contributed by atoms with Crippen LogP contribution in [0.25, 0.3) is 0 Å². The second-order valence-corrected chi connectivity index (χ2v) is 7.38. The minimum Gasteiger partial charge on any atom is -0.480 e. The molecule has 1 aliphatic rings. The zero-order chi connectivity index (χ0) is 14.7. The number of rotatable bonds is 5. The standard InChI is InChI=1S/C14H19NO3S2/c1-9(2)13(14(17)18)20-8-12(16)15-5-3-11-10(7-15)4-6-19-11/h4,6,9,13H,3,5,7-8H2,1-2H3,(H,17,18). The van der Waals surface area contributed by atoms with E-state index >= 15 is 0 Å². The first-order valence-electron chi connectivity index (χ1n) is 6.66. The summed E-state index contributed by atoms with van der Waals surface area (Å²) < 4.78 is 0. The maximum absolute atomic E-state index is 12.2. The van der Waals surface area contributed by atoms with Gasteiger partial charge < -0.3 is 10.0 Å². The summed E-state index contributed by atoms with van der Waals surface area (Å²) in [5.74, 6) is -0.528. The van der Waals surface area contributed by atoms with Gasteiger partial charge in [-0.1, -0.05) is 13.8 Å². The van der Waals surface area contributed by atoms with Crippen LogP contribution >= 0.6 is 23.1 Å². The molecule has 0 spiro atoms. The van der Waals surface area contributed by atoms with Gasteiger partial charge in [0.15, 0.2) is 0 Å². The molecule has 1 aromatic rings. The van der Waals surface area contributed by atoms with Crippen molar-refractivity contribution in [3.63, 3.8) is 0 Å². The van der Waals surface area contributed by atoms with E-state index in [4.69, 9.17) is 5.11 Å². The monoisotopic (exact) mass is 313 g/mol. The number of fused-ring (bicyclic) bond motifs is 1. The summed E-state index contributed by atoms with van der Waals surface area (Å²) >= 11 is 2.98. The summed E-state index contributed by atoms with van der Waals surface area (Å²) in [6, 6.07) is 2.07. The lowest BCUT2D eigenvalue weighted by atomic mass is 10.1. The Bertz CT molecular complexity index is 498. The van der Waals surface area contributed by atoms with E-state index in [2.05, 4.69) is 11.4 Å². The molecule has 0 aliphatic carbocycles. The molecule has 0 fully saturated rings. The van der Waals surface area contributed by atoms with E-state index in [0.717, 1.165) is 13.0 Å². The molecule has 0 saturated heterocycles. The van der Waals surface area contributed by atoms with Crippen molar-refractivity contribution in [2.45, 2.75) is 32.1 Å². The van der Waals surface area contributed by atoms with Gasteiger partial charge in [-0.25, -0.2) is 0 Å². The lowest BCUT2D eigenvalue weighted by Crippen LogP contribution is -2.37. The van der Waals surface area contributed by atoms with Crippen molar-refractivity contribution in [3.05, 3.63) is 21.9 Å². The molecule has 110 valence electrons. The fourth-order valence-corrected chi connectivity index (χ4v) is 4.18. The highest BCUT2D eigenvalue weighted by atomic mass is 32.2. The van der Waals surface area contributed by atoms with Crippen molar-refractivity contribution in [1.29, 1.82) is 0 Å². The smallest absolute Gasteiger partial charge is 0.316 e. The van der Waals surface area contributed by atoms with Crippen molar-refractivity contribution in [2.75, 3.05) is 12.3 Å². The van der Waals surface area contributed by atoms with Crippen LogP contribution in [0.5, 0.6) is 0 Å². The molecule has 1 aliphatic heterocycles. The summed E-state index contributed by atoms with van der Waals surface area (Å²) in [6.45, 7) is 5.15. The fourth-order valence-electron chi connectivity index (χ4n) is 2.26. The van der Waals surface area contributed by atoms with E-state index < -0.39 is 11.2 Å². The fraction of sp³-hybridized carbons (Fsp3) is 0.571. The molecule has 2 heterocycles. The first kappa shape index (κ1) is 15.4. The number of carboxylic acids is 1. The normalized spacial score (nSPS) is 16.1. The number of carbonyl (C=O) groups excluding carboxylic acids is 1. The molecule has 1 atom stereocenters. The second-order valence-electron chi connectivity index (χ2n) is 5.25. The molecule has 2 rings (SSSR count). The average molecular weight is 313 g/mol. The SMILES string of the molecule is CC(C)C(SCC(=O)N1CCc2sccc2C1)C(=O)O. The molecule has 1 N–H and O–H groups in total. The molecule has 4 nitrogen and oxygen atoms in total. The Morgan fingerprint density at radius 3 is 2.90 bits per heavy atom. The third-order valence-corrected chi connectivity index (χ3v) is 5.94.